The highest BCUT2D eigenvalue weighted by molar-refractivity contribution is 5.86. The smallest absolute Gasteiger partial charge is 0.274 e. The predicted molar refractivity (Wildman–Crippen MR) is 115 cm³/mol. The van der Waals surface area contributed by atoms with Crippen molar-refractivity contribution in [2.45, 2.75) is 57.5 Å². The summed E-state index contributed by atoms with van der Waals surface area (Å²) in [5, 5.41) is 9.26. The molecule has 1 fully saturated rings. The quantitative estimate of drug-likeness (QED) is 0.683. The number of hydrogen-bond acceptors (Lipinski definition) is 3. The van der Waals surface area contributed by atoms with Crippen LogP contribution in [0.2, 0.25) is 0 Å². The van der Waals surface area contributed by atoms with E-state index in [1.807, 2.05) is 61.5 Å². The first-order valence-electron chi connectivity index (χ1n) is 10.5. The zero-order chi connectivity index (χ0) is 20.2. The summed E-state index contributed by atoms with van der Waals surface area (Å²) in [5.41, 5.74) is 1.74. The highest BCUT2D eigenvalue weighted by atomic mass is 16.2. The third-order valence-electron chi connectivity index (χ3n) is 5.93. The molecule has 0 spiro atoms. The molecular formula is C24H27N3O2. The number of rotatable bonds is 6. The van der Waals surface area contributed by atoms with Crippen LogP contribution >= 0.6 is 0 Å². The maximum Gasteiger partial charge on any atom is 0.274 e. The van der Waals surface area contributed by atoms with Crippen LogP contribution in [-0.2, 0) is 11.3 Å². The molecule has 0 unspecified atom stereocenters. The maximum absolute atomic E-state index is 13.0. The van der Waals surface area contributed by atoms with E-state index in [0.29, 0.717) is 11.9 Å². The Hall–Kier alpha value is -2.95. The van der Waals surface area contributed by atoms with Crippen LogP contribution in [0, 0.1) is 0 Å². The molecule has 2 aromatic carbocycles. The van der Waals surface area contributed by atoms with E-state index in [2.05, 4.69) is 5.32 Å². The normalized spacial score (nSPS) is 15.5. The summed E-state index contributed by atoms with van der Waals surface area (Å²) in [6.45, 7) is 2.33. The van der Waals surface area contributed by atoms with Gasteiger partial charge in [-0.05, 0) is 30.9 Å². The summed E-state index contributed by atoms with van der Waals surface area (Å²) in [7, 11) is 0. The molecule has 1 N–H and O–H groups in total. The van der Waals surface area contributed by atoms with Crippen molar-refractivity contribution in [1.82, 2.24) is 15.1 Å². The number of hydrogen-bond donors (Lipinski definition) is 1. The SMILES string of the molecule is CC[C@H](C(=O)NCc1nn(C2CCCC2)c(=O)c2ccccc12)c1ccccc1. The van der Waals surface area contributed by atoms with Gasteiger partial charge in [-0.3, -0.25) is 9.59 Å². The Balaban J connectivity index is 1.62. The van der Waals surface area contributed by atoms with Gasteiger partial charge in [0.05, 0.1) is 29.6 Å². The largest absolute Gasteiger partial charge is 0.350 e. The molecule has 3 aromatic rings. The number of carbonyl (C=O) groups is 1. The summed E-state index contributed by atoms with van der Waals surface area (Å²) in [6.07, 6.45) is 4.97. The number of benzene rings is 2. The molecule has 5 heteroatoms. The summed E-state index contributed by atoms with van der Waals surface area (Å²) in [4.78, 5) is 25.8. The van der Waals surface area contributed by atoms with E-state index in [1.165, 1.54) is 0 Å². The molecular weight excluding hydrogens is 362 g/mol. The van der Waals surface area contributed by atoms with Crippen LogP contribution in [0.5, 0.6) is 0 Å². The van der Waals surface area contributed by atoms with Gasteiger partial charge in [0.2, 0.25) is 5.91 Å². The van der Waals surface area contributed by atoms with Gasteiger partial charge in [0.15, 0.2) is 0 Å². The van der Waals surface area contributed by atoms with E-state index in [4.69, 9.17) is 5.10 Å². The summed E-state index contributed by atoms with van der Waals surface area (Å²) >= 11 is 0. The lowest BCUT2D eigenvalue weighted by Crippen LogP contribution is -2.32. The van der Waals surface area contributed by atoms with E-state index in [0.717, 1.165) is 48.7 Å². The van der Waals surface area contributed by atoms with Gasteiger partial charge < -0.3 is 5.32 Å². The summed E-state index contributed by atoms with van der Waals surface area (Å²) in [5.74, 6) is -0.202. The molecule has 1 heterocycles. The number of nitrogens with one attached hydrogen (secondary N) is 1. The zero-order valence-electron chi connectivity index (χ0n) is 16.8. The Morgan fingerprint density at radius 2 is 1.72 bits per heavy atom. The predicted octanol–water partition coefficient (Wildman–Crippen LogP) is 4.32. The standard InChI is InChI=1S/C24H27N3O2/c1-2-19(17-10-4-3-5-11-17)23(28)25-16-22-20-14-8-9-15-21(20)24(29)27(26-22)18-12-6-7-13-18/h3-5,8-11,14-15,18-19H,2,6-7,12-13,16H2,1H3,(H,25,28)/t19-/m0/s1. The van der Waals surface area contributed by atoms with Gasteiger partial charge in [-0.15, -0.1) is 0 Å². The highest BCUT2D eigenvalue weighted by Gasteiger charge is 2.22. The molecule has 1 aromatic heterocycles. The zero-order valence-corrected chi connectivity index (χ0v) is 16.8. The fourth-order valence-electron chi connectivity index (χ4n) is 4.35. The second kappa shape index (κ2) is 8.60. The molecule has 1 saturated carbocycles. The van der Waals surface area contributed by atoms with Crippen molar-refractivity contribution in [2.24, 2.45) is 0 Å². The van der Waals surface area contributed by atoms with Crippen molar-refractivity contribution in [3.05, 3.63) is 76.2 Å². The molecule has 0 saturated heterocycles. The molecule has 1 aliphatic carbocycles. The van der Waals surface area contributed by atoms with Gasteiger partial charge in [-0.1, -0.05) is 68.3 Å². The van der Waals surface area contributed by atoms with Gasteiger partial charge in [0, 0.05) is 5.39 Å². The molecule has 1 aliphatic rings. The minimum atomic E-state index is -0.191. The first-order valence-corrected chi connectivity index (χ1v) is 10.5. The van der Waals surface area contributed by atoms with E-state index in [-0.39, 0.29) is 23.4 Å². The molecule has 0 aliphatic heterocycles. The second-order valence-electron chi connectivity index (χ2n) is 7.77. The van der Waals surface area contributed by atoms with Crippen molar-refractivity contribution in [2.75, 3.05) is 0 Å². The molecule has 0 radical (unpaired) electrons. The van der Waals surface area contributed by atoms with Crippen LogP contribution in [0.1, 0.15) is 62.2 Å². The average molecular weight is 389 g/mol. The highest BCUT2D eigenvalue weighted by Crippen LogP contribution is 2.28. The molecule has 150 valence electrons. The Labute approximate surface area is 170 Å². The van der Waals surface area contributed by atoms with Crippen LogP contribution in [0.4, 0.5) is 0 Å². The van der Waals surface area contributed by atoms with Crippen molar-refractivity contribution in [3.63, 3.8) is 0 Å². The van der Waals surface area contributed by atoms with Crippen LogP contribution in [-0.4, -0.2) is 15.7 Å². The lowest BCUT2D eigenvalue weighted by atomic mass is 9.95. The van der Waals surface area contributed by atoms with E-state index < -0.39 is 0 Å². The summed E-state index contributed by atoms with van der Waals surface area (Å²) in [6, 6.07) is 17.6. The van der Waals surface area contributed by atoms with E-state index >= 15 is 0 Å². The number of carbonyl (C=O) groups excluding carboxylic acids is 1. The van der Waals surface area contributed by atoms with E-state index in [1.54, 1.807) is 4.68 Å². The Bertz CT molecular complexity index is 1050. The van der Waals surface area contributed by atoms with Crippen LogP contribution < -0.4 is 10.9 Å². The fourth-order valence-corrected chi connectivity index (χ4v) is 4.35. The minimum Gasteiger partial charge on any atom is -0.350 e. The van der Waals surface area contributed by atoms with Crippen molar-refractivity contribution < 1.29 is 4.79 Å². The number of amides is 1. The van der Waals surface area contributed by atoms with Gasteiger partial charge in [0.25, 0.3) is 5.56 Å². The molecule has 29 heavy (non-hydrogen) atoms. The third kappa shape index (κ3) is 3.95. The van der Waals surface area contributed by atoms with Crippen molar-refractivity contribution in [3.8, 4) is 0 Å². The van der Waals surface area contributed by atoms with Gasteiger partial charge in [-0.2, -0.15) is 5.10 Å². The number of fused-ring (bicyclic) bond motifs is 1. The van der Waals surface area contributed by atoms with Crippen molar-refractivity contribution in [1.29, 1.82) is 0 Å². The van der Waals surface area contributed by atoms with Gasteiger partial charge in [0.1, 0.15) is 0 Å². The molecule has 1 amide bonds. The Morgan fingerprint density at radius 1 is 1.07 bits per heavy atom. The maximum atomic E-state index is 13.0. The Kier molecular flexibility index (Phi) is 5.74. The van der Waals surface area contributed by atoms with Gasteiger partial charge in [-0.25, -0.2) is 4.68 Å². The topological polar surface area (TPSA) is 64.0 Å². The van der Waals surface area contributed by atoms with Crippen LogP contribution in [0.3, 0.4) is 0 Å². The van der Waals surface area contributed by atoms with Crippen molar-refractivity contribution >= 4 is 16.7 Å². The van der Waals surface area contributed by atoms with Crippen LogP contribution in [0.25, 0.3) is 10.8 Å². The number of nitrogens with zero attached hydrogens (tertiary/aromatic N) is 2. The monoisotopic (exact) mass is 389 g/mol. The van der Waals surface area contributed by atoms with E-state index in [9.17, 15) is 9.59 Å². The average Bonchev–Trinajstić information content (AvgIpc) is 3.29. The molecule has 1 atom stereocenters. The fraction of sp³-hybridized carbons (Fsp3) is 0.375. The molecule has 0 bridgehead atoms. The van der Waals surface area contributed by atoms with Crippen LogP contribution in [0.15, 0.2) is 59.4 Å². The first-order chi connectivity index (χ1) is 14.2. The second-order valence-corrected chi connectivity index (χ2v) is 7.77. The molecule has 4 rings (SSSR count). The summed E-state index contributed by atoms with van der Waals surface area (Å²) < 4.78 is 1.66. The molecule has 5 nitrogen and oxygen atoms in total. The lowest BCUT2D eigenvalue weighted by Gasteiger charge is -2.18. The first kappa shape index (κ1) is 19.4. The lowest BCUT2D eigenvalue weighted by molar-refractivity contribution is -0.122. The number of aromatic nitrogens is 2. The van der Waals surface area contributed by atoms with Gasteiger partial charge >= 0.3 is 0 Å². The Morgan fingerprint density at radius 3 is 2.41 bits per heavy atom. The third-order valence-corrected chi connectivity index (χ3v) is 5.93. The minimum absolute atomic E-state index is 0.0109.